The van der Waals surface area contributed by atoms with Crippen molar-refractivity contribution in [1.29, 1.82) is 0 Å². The van der Waals surface area contributed by atoms with Gasteiger partial charge in [0.25, 0.3) is 0 Å². The highest BCUT2D eigenvalue weighted by Gasteiger charge is 2.11. The molecule has 5 nitrogen and oxygen atoms in total. The third kappa shape index (κ3) is 2.49. The van der Waals surface area contributed by atoms with Crippen LogP contribution in [0, 0.1) is 6.92 Å². The first kappa shape index (κ1) is 10.9. The molecule has 1 N–H and O–H groups in total. The Kier molecular flexibility index (Phi) is 3.05. The standard InChI is InChI=1S/C10H11ClN4O/c1-6-4-12-10(16-6)7(2)15-9-3-8(11)13-5-14-9/h3-5,7H,1-2H3,(H,13,14,15). The van der Waals surface area contributed by atoms with Gasteiger partial charge in [-0.1, -0.05) is 11.6 Å². The molecule has 0 bridgehead atoms. The zero-order chi connectivity index (χ0) is 11.5. The van der Waals surface area contributed by atoms with E-state index in [-0.39, 0.29) is 6.04 Å². The highest BCUT2D eigenvalue weighted by Crippen LogP contribution is 2.18. The van der Waals surface area contributed by atoms with Crippen molar-refractivity contribution in [2.45, 2.75) is 19.9 Å². The molecule has 2 aromatic rings. The Morgan fingerprint density at radius 2 is 2.19 bits per heavy atom. The number of aromatic nitrogens is 3. The monoisotopic (exact) mass is 238 g/mol. The molecule has 0 aromatic carbocycles. The number of rotatable bonds is 3. The molecule has 0 aliphatic heterocycles. The normalized spacial score (nSPS) is 12.4. The molecule has 2 heterocycles. The van der Waals surface area contributed by atoms with Gasteiger partial charge in [0.05, 0.1) is 6.20 Å². The summed E-state index contributed by atoms with van der Waals surface area (Å²) >= 11 is 5.75. The van der Waals surface area contributed by atoms with Crippen molar-refractivity contribution in [3.63, 3.8) is 0 Å². The number of hydrogen-bond donors (Lipinski definition) is 1. The van der Waals surface area contributed by atoms with Crippen molar-refractivity contribution < 1.29 is 4.42 Å². The van der Waals surface area contributed by atoms with Crippen molar-refractivity contribution in [2.75, 3.05) is 5.32 Å². The first-order chi connectivity index (χ1) is 7.65. The molecular formula is C10H11ClN4O. The Labute approximate surface area is 97.9 Å². The molecule has 0 fully saturated rings. The summed E-state index contributed by atoms with van der Waals surface area (Å²) in [5, 5.41) is 3.52. The fourth-order valence-corrected chi connectivity index (χ4v) is 1.42. The van der Waals surface area contributed by atoms with Crippen LogP contribution in [-0.2, 0) is 0 Å². The molecule has 0 saturated heterocycles. The third-order valence-electron chi connectivity index (χ3n) is 2.01. The largest absolute Gasteiger partial charge is 0.444 e. The molecule has 1 atom stereocenters. The van der Waals surface area contributed by atoms with E-state index in [1.165, 1.54) is 6.33 Å². The summed E-state index contributed by atoms with van der Waals surface area (Å²) in [6.07, 6.45) is 3.08. The Bertz CT molecular complexity index is 485. The molecule has 0 aliphatic rings. The number of oxazole rings is 1. The fourth-order valence-electron chi connectivity index (χ4n) is 1.27. The van der Waals surface area contributed by atoms with Crippen LogP contribution >= 0.6 is 11.6 Å². The molecule has 0 radical (unpaired) electrons. The molecule has 2 rings (SSSR count). The highest BCUT2D eigenvalue weighted by atomic mass is 35.5. The van der Waals surface area contributed by atoms with Crippen LogP contribution < -0.4 is 5.32 Å². The van der Waals surface area contributed by atoms with Crippen LogP contribution in [-0.4, -0.2) is 15.0 Å². The molecule has 6 heteroatoms. The lowest BCUT2D eigenvalue weighted by Crippen LogP contribution is -2.08. The van der Waals surface area contributed by atoms with Crippen LogP contribution in [0.2, 0.25) is 5.15 Å². The van der Waals surface area contributed by atoms with Gasteiger partial charge in [0.15, 0.2) is 0 Å². The molecular weight excluding hydrogens is 228 g/mol. The van der Waals surface area contributed by atoms with Crippen LogP contribution in [0.3, 0.4) is 0 Å². The Morgan fingerprint density at radius 1 is 1.38 bits per heavy atom. The van der Waals surface area contributed by atoms with Crippen LogP contribution in [0.5, 0.6) is 0 Å². The average Bonchev–Trinajstić information content (AvgIpc) is 2.65. The number of aryl methyl sites for hydroxylation is 1. The van der Waals surface area contributed by atoms with Crippen molar-refractivity contribution in [2.24, 2.45) is 0 Å². The quantitative estimate of drug-likeness (QED) is 0.833. The van der Waals surface area contributed by atoms with E-state index in [0.29, 0.717) is 16.9 Å². The van der Waals surface area contributed by atoms with Gasteiger partial charge in [-0.15, -0.1) is 0 Å². The Balaban J connectivity index is 2.10. The lowest BCUT2D eigenvalue weighted by Gasteiger charge is -2.10. The van der Waals surface area contributed by atoms with Crippen molar-refractivity contribution in [1.82, 2.24) is 15.0 Å². The fraction of sp³-hybridized carbons (Fsp3) is 0.300. The van der Waals surface area contributed by atoms with Crippen molar-refractivity contribution >= 4 is 17.4 Å². The van der Waals surface area contributed by atoms with E-state index >= 15 is 0 Å². The van der Waals surface area contributed by atoms with Crippen molar-refractivity contribution in [3.05, 3.63) is 35.4 Å². The second-order valence-electron chi connectivity index (χ2n) is 3.40. The van der Waals surface area contributed by atoms with Crippen LogP contribution in [0.4, 0.5) is 5.82 Å². The van der Waals surface area contributed by atoms with Gasteiger partial charge in [-0.25, -0.2) is 15.0 Å². The summed E-state index contributed by atoms with van der Waals surface area (Å²) in [6, 6.07) is 1.58. The highest BCUT2D eigenvalue weighted by molar-refractivity contribution is 6.29. The van der Waals surface area contributed by atoms with Gasteiger partial charge in [-0.05, 0) is 13.8 Å². The lowest BCUT2D eigenvalue weighted by molar-refractivity contribution is 0.453. The molecule has 84 valence electrons. The third-order valence-corrected chi connectivity index (χ3v) is 2.21. The summed E-state index contributed by atoms with van der Waals surface area (Å²) < 4.78 is 5.40. The molecule has 0 spiro atoms. The molecule has 0 aliphatic carbocycles. The van der Waals surface area contributed by atoms with E-state index in [0.717, 1.165) is 5.76 Å². The topological polar surface area (TPSA) is 63.8 Å². The molecule has 16 heavy (non-hydrogen) atoms. The second-order valence-corrected chi connectivity index (χ2v) is 3.79. The van der Waals surface area contributed by atoms with Crippen molar-refractivity contribution in [3.8, 4) is 0 Å². The molecule has 0 saturated carbocycles. The maximum Gasteiger partial charge on any atom is 0.216 e. The van der Waals surface area contributed by atoms with E-state index in [4.69, 9.17) is 16.0 Å². The molecule has 0 amide bonds. The zero-order valence-corrected chi connectivity index (χ0v) is 9.69. The number of hydrogen-bond acceptors (Lipinski definition) is 5. The zero-order valence-electron chi connectivity index (χ0n) is 8.94. The number of nitrogens with one attached hydrogen (secondary N) is 1. The predicted molar refractivity (Wildman–Crippen MR) is 60.3 cm³/mol. The van der Waals surface area contributed by atoms with Crippen LogP contribution in [0.25, 0.3) is 0 Å². The SMILES string of the molecule is Cc1cnc(C(C)Nc2cc(Cl)ncn2)o1. The predicted octanol–water partition coefficient (Wildman–Crippen LogP) is 2.60. The maximum absolute atomic E-state index is 5.75. The van der Waals surface area contributed by atoms with Gasteiger partial charge >= 0.3 is 0 Å². The van der Waals surface area contributed by atoms with Gasteiger partial charge in [0.1, 0.15) is 29.1 Å². The second kappa shape index (κ2) is 4.49. The summed E-state index contributed by atoms with van der Waals surface area (Å²) in [6.45, 7) is 3.78. The van der Waals surface area contributed by atoms with Gasteiger partial charge in [-0.3, -0.25) is 0 Å². The first-order valence-corrected chi connectivity index (χ1v) is 5.19. The number of nitrogens with zero attached hydrogens (tertiary/aromatic N) is 3. The van der Waals surface area contributed by atoms with Crippen LogP contribution in [0.1, 0.15) is 24.6 Å². The lowest BCUT2D eigenvalue weighted by atomic mass is 10.3. The van der Waals surface area contributed by atoms with Gasteiger partial charge in [0, 0.05) is 6.07 Å². The van der Waals surface area contributed by atoms with Gasteiger partial charge in [0.2, 0.25) is 5.89 Å². The van der Waals surface area contributed by atoms with E-state index in [2.05, 4.69) is 20.3 Å². The molecule has 2 aromatic heterocycles. The Hall–Kier alpha value is -1.62. The van der Waals surface area contributed by atoms with E-state index in [1.54, 1.807) is 12.3 Å². The Morgan fingerprint density at radius 3 is 2.81 bits per heavy atom. The van der Waals surface area contributed by atoms with Gasteiger partial charge in [-0.2, -0.15) is 0 Å². The number of halogens is 1. The maximum atomic E-state index is 5.75. The smallest absolute Gasteiger partial charge is 0.216 e. The minimum atomic E-state index is -0.0698. The van der Waals surface area contributed by atoms with Crippen LogP contribution in [0.15, 0.2) is 23.0 Å². The van der Waals surface area contributed by atoms with E-state index < -0.39 is 0 Å². The van der Waals surface area contributed by atoms with E-state index in [1.807, 2.05) is 13.8 Å². The van der Waals surface area contributed by atoms with E-state index in [9.17, 15) is 0 Å². The summed E-state index contributed by atoms with van der Waals surface area (Å²) in [4.78, 5) is 12.0. The summed E-state index contributed by atoms with van der Waals surface area (Å²) in [5.74, 6) is 2.04. The minimum absolute atomic E-state index is 0.0698. The summed E-state index contributed by atoms with van der Waals surface area (Å²) in [7, 11) is 0. The number of anilines is 1. The summed E-state index contributed by atoms with van der Waals surface area (Å²) in [5.41, 5.74) is 0. The van der Waals surface area contributed by atoms with Gasteiger partial charge < -0.3 is 9.73 Å². The average molecular weight is 239 g/mol. The molecule has 1 unspecified atom stereocenters. The minimum Gasteiger partial charge on any atom is -0.444 e. The first-order valence-electron chi connectivity index (χ1n) is 4.81.